The molecule has 11 heavy (non-hydrogen) atoms. The van der Waals surface area contributed by atoms with E-state index in [9.17, 15) is 0 Å². The van der Waals surface area contributed by atoms with Gasteiger partial charge in [-0.05, 0) is 37.1 Å². The SMILES string of the molecule is CC(C)CCN1CC2(CC2)C1. The monoisotopic (exact) mass is 153 g/mol. The van der Waals surface area contributed by atoms with Crippen LogP contribution < -0.4 is 0 Å². The Morgan fingerprint density at radius 1 is 1.27 bits per heavy atom. The van der Waals surface area contributed by atoms with Crippen LogP contribution in [0.3, 0.4) is 0 Å². The van der Waals surface area contributed by atoms with Crippen LogP contribution in [0.4, 0.5) is 0 Å². The van der Waals surface area contributed by atoms with Crippen LogP contribution in [0.15, 0.2) is 0 Å². The van der Waals surface area contributed by atoms with Crippen molar-refractivity contribution in [2.24, 2.45) is 11.3 Å². The van der Waals surface area contributed by atoms with Crippen molar-refractivity contribution in [3.63, 3.8) is 0 Å². The third kappa shape index (κ3) is 1.58. The van der Waals surface area contributed by atoms with Crippen LogP contribution in [0.1, 0.15) is 33.1 Å². The van der Waals surface area contributed by atoms with Gasteiger partial charge in [0.15, 0.2) is 0 Å². The second-order valence-corrected chi connectivity index (χ2v) is 4.89. The lowest BCUT2D eigenvalue weighted by Crippen LogP contribution is -2.48. The predicted molar refractivity (Wildman–Crippen MR) is 47.6 cm³/mol. The molecule has 0 N–H and O–H groups in total. The third-order valence-corrected chi connectivity index (χ3v) is 3.10. The Labute approximate surface area is 69.8 Å². The normalized spacial score (nSPS) is 27.5. The van der Waals surface area contributed by atoms with Gasteiger partial charge in [-0.1, -0.05) is 13.8 Å². The molecule has 0 aromatic rings. The molecule has 0 aromatic heterocycles. The van der Waals surface area contributed by atoms with Crippen LogP contribution in [-0.4, -0.2) is 24.5 Å². The molecule has 64 valence electrons. The lowest BCUT2D eigenvalue weighted by Gasteiger charge is -2.40. The maximum absolute atomic E-state index is 2.62. The number of hydrogen-bond donors (Lipinski definition) is 0. The molecule has 1 nitrogen and oxygen atoms in total. The summed E-state index contributed by atoms with van der Waals surface area (Å²) in [6, 6.07) is 0. The van der Waals surface area contributed by atoms with Gasteiger partial charge < -0.3 is 4.90 Å². The van der Waals surface area contributed by atoms with Gasteiger partial charge in [0.25, 0.3) is 0 Å². The Kier molecular flexibility index (Phi) is 1.71. The van der Waals surface area contributed by atoms with Gasteiger partial charge in [0.2, 0.25) is 0 Å². The number of hydrogen-bond acceptors (Lipinski definition) is 1. The first-order valence-corrected chi connectivity index (χ1v) is 4.93. The van der Waals surface area contributed by atoms with E-state index in [4.69, 9.17) is 0 Å². The van der Waals surface area contributed by atoms with E-state index in [-0.39, 0.29) is 0 Å². The van der Waals surface area contributed by atoms with E-state index in [2.05, 4.69) is 18.7 Å². The molecule has 2 aliphatic rings. The molecule has 1 aliphatic heterocycles. The van der Waals surface area contributed by atoms with Crippen molar-refractivity contribution in [2.75, 3.05) is 19.6 Å². The Morgan fingerprint density at radius 3 is 2.36 bits per heavy atom. The van der Waals surface area contributed by atoms with Gasteiger partial charge in [-0.2, -0.15) is 0 Å². The van der Waals surface area contributed by atoms with Crippen molar-refractivity contribution in [3.05, 3.63) is 0 Å². The summed E-state index contributed by atoms with van der Waals surface area (Å²) in [4.78, 5) is 2.62. The molecule has 0 atom stereocenters. The average molecular weight is 153 g/mol. The van der Waals surface area contributed by atoms with Crippen molar-refractivity contribution in [2.45, 2.75) is 33.1 Å². The van der Waals surface area contributed by atoms with Gasteiger partial charge in [-0.25, -0.2) is 0 Å². The lowest BCUT2D eigenvalue weighted by molar-refractivity contribution is 0.0769. The van der Waals surface area contributed by atoms with Crippen molar-refractivity contribution in [1.82, 2.24) is 4.90 Å². The first-order valence-electron chi connectivity index (χ1n) is 4.93. The smallest absolute Gasteiger partial charge is 0.00505 e. The molecule has 1 saturated heterocycles. The van der Waals surface area contributed by atoms with Crippen molar-refractivity contribution in [3.8, 4) is 0 Å². The van der Waals surface area contributed by atoms with Gasteiger partial charge in [-0.3, -0.25) is 0 Å². The largest absolute Gasteiger partial charge is 0.302 e. The Morgan fingerprint density at radius 2 is 1.91 bits per heavy atom. The van der Waals surface area contributed by atoms with Crippen LogP contribution in [0.5, 0.6) is 0 Å². The van der Waals surface area contributed by atoms with E-state index in [1.807, 2.05) is 0 Å². The molecule has 1 heterocycles. The summed E-state index contributed by atoms with van der Waals surface area (Å²) in [6.45, 7) is 8.80. The van der Waals surface area contributed by atoms with Crippen molar-refractivity contribution >= 4 is 0 Å². The molecule has 1 heteroatoms. The molecule has 1 spiro atoms. The molecule has 0 amide bonds. The molecule has 1 saturated carbocycles. The third-order valence-electron chi connectivity index (χ3n) is 3.10. The van der Waals surface area contributed by atoms with E-state index in [1.165, 1.54) is 38.9 Å². The zero-order chi connectivity index (χ0) is 7.90. The van der Waals surface area contributed by atoms with Crippen LogP contribution in [-0.2, 0) is 0 Å². The molecule has 0 bridgehead atoms. The fraction of sp³-hybridized carbons (Fsp3) is 1.00. The fourth-order valence-electron chi connectivity index (χ4n) is 1.99. The highest BCUT2D eigenvalue weighted by molar-refractivity contribution is 5.04. The summed E-state index contributed by atoms with van der Waals surface area (Å²) < 4.78 is 0. The zero-order valence-electron chi connectivity index (χ0n) is 7.77. The molecule has 0 aromatic carbocycles. The van der Waals surface area contributed by atoms with Crippen LogP contribution in [0.2, 0.25) is 0 Å². The van der Waals surface area contributed by atoms with Crippen molar-refractivity contribution < 1.29 is 0 Å². The van der Waals surface area contributed by atoms with Gasteiger partial charge in [0.05, 0.1) is 0 Å². The second-order valence-electron chi connectivity index (χ2n) is 4.89. The minimum atomic E-state index is 0.858. The highest BCUT2D eigenvalue weighted by Gasteiger charge is 2.51. The lowest BCUT2D eigenvalue weighted by atomic mass is 9.96. The van der Waals surface area contributed by atoms with E-state index >= 15 is 0 Å². The summed E-state index contributed by atoms with van der Waals surface area (Å²) in [5, 5.41) is 0. The summed E-state index contributed by atoms with van der Waals surface area (Å²) in [7, 11) is 0. The van der Waals surface area contributed by atoms with Gasteiger partial charge >= 0.3 is 0 Å². The van der Waals surface area contributed by atoms with Crippen molar-refractivity contribution in [1.29, 1.82) is 0 Å². The molecular formula is C10H19N. The quantitative estimate of drug-likeness (QED) is 0.600. The Hall–Kier alpha value is -0.0400. The summed E-state index contributed by atoms with van der Waals surface area (Å²) >= 11 is 0. The molecule has 0 unspecified atom stereocenters. The van der Waals surface area contributed by atoms with Crippen LogP contribution >= 0.6 is 0 Å². The number of rotatable bonds is 3. The number of likely N-dealkylation sites (tertiary alicyclic amines) is 1. The standard InChI is InChI=1S/C10H19N/c1-9(2)3-6-11-7-10(8-11)4-5-10/h9H,3-8H2,1-2H3. The van der Waals surface area contributed by atoms with Gasteiger partial charge in [0.1, 0.15) is 0 Å². The molecule has 2 rings (SSSR count). The summed E-state index contributed by atoms with van der Waals surface area (Å²) in [5.41, 5.74) is 0.858. The van der Waals surface area contributed by atoms with E-state index in [1.54, 1.807) is 0 Å². The van der Waals surface area contributed by atoms with Crippen LogP contribution in [0, 0.1) is 11.3 Å². The fourth-order valence-corrected chi connectivity index (χ4v) is 1.99. The minimum Gasteiger partial charge on any atom is -0.302 e. The second kappa shape index (κ2) is 2.48. The predicted octanol–water partition coefficient (Wildman–Crippen LogP) is 2.13. The highest BCUT2D eigenvalue weighted by atomic mass is 15.2. The van der Waals surface area contributed by atoms with E-state index in [0.717, 1.165) is 11.3 Å². The van der Waals surface area contributed by atoms with E-state index < -0.39 is 0 Å². The summed E-state index contributed by atoms with van der Waals surface area (Å²) in [6.07, 6.45) is 4.42. The molecular weight excluding hydrogens is 134 g/mol. The first-order chi connectivity index (χ1) is 5.20. The summed E-state index contributed by atoms with van der Waals surface area (Å²) in [5.74, 6) is 0.880. The first kappa shape index (κ1) is 7.60. The molecule has 2 fully saturated rings. The minimum absolute atomic E-state index is 0.858. The van der Waals surface area contributed by atoms with Gasteiger partial charge in [0, 0.05) is 13.1 Å². The maximum Gasteiger partial charge on any atom is 0.00505 e. The van der Waals surface area contributed by atoms with E-state index in [0.29, 0.717) is 0 Å². The Balaban J connectivity index is 1.60. The average Bonchev–Trinajstić information content (AvgIpc) is 2.58. The topological polar surface area (TPSA) is 3.24 Å². The molecule has 0 radical (unpaired) electrons. The molecule has 1 aliphatic carbocycles. The maximum atomic E-state index is 2.62. The highest BCUT2D eigenvalue weighted by Crippen LogP contribution is 2.52. The number of nitrogens with zero attached hydrogens (tertiary/aromatic N) is 1. The Bertz CT molecular complexity index is 139. The van der Waals surface area contributed by atoms with Gasteiger partial charge in [-0.15, -0.1) is 0 Å². The zero-order valence-corrected chi connectivity index (χ0v) is 7.77. The van der Waals surface area contributed by atoms with Crippen LogP contribution in [0.25, 0.3) is 0 Å².